The summed E-state index contributed by atoms with van der Waals surface area (Å²) in [5, 5.41) is -0.0433. The zero-order valence-corrected chi connectivity index (χ0v) is 24.5. The average Bonchev–Trinajstić information content (AvgIpc) is 3.11. The summed E-state index contributed by atoms with van der Waals surface area (Å²) in [5.41, 5.74) is 0. The van der Waals surface area contributed by atoms with Gasteiger partial charge in [0.1, 0.15) is 0 Å². The van der Waals surface area contributed by atoms with Crippen molar-refractivity contribution in [3.63, 3.8) is 0 Å². The van der Waals surface area contributed by atoms with Crippen LogP contribution < -0.4 is 0 Å². The van der Waals surface area contributed by atoms with Gasteiger partial charge in [-0.3, -0.25) is 4.57 Å². The van der Waals surface area contributed by atoms with E-state index >= 15 is 0 Å². The molecule has 0 amide bonds. The highest BCUT2D eigenvalue weighted by Crippen LogP contribution is 2.34. The van der Waals surface area contributed by atoms with E-state index in [2.05, 4.69) is 30.8 Å². The van der Waals surface area contributed by atoms with Gasteiger partial charge in [-0.15, -0.1) is 0 Å². The normalized spacial score (nSPS) is 20.0. The third-order valence-electron chi connectivity index (χ3n) is 6.38. The van der Waals surface area contributed by atoms with Crippen molar-refractivity contribution in [2.24, 2.45) is 0 Å². The van der Waals surface area contributed by atoms with Crippen molar-refractivity contribution in [3.8, 4) is 0 Å². The van der Waals surface area contributed by atoms with E-state index in [9.17, 15) is 0 Å². The van der Waals surface area contributed by atoms with E-state index in [0.717, 1.165) is 50.9 Å². The Labute approximate surface area is 184 Å². The third kappa shape index (κ3) is 7.04. The minimum absolute atomic E-state index is 0.0433. The van der Waals surface area contributed by atoms with Crippen LogP contribution in [0.1, 0.15) is 25.7 Å². The molecule has 0 aromatic carbocycles. The second kappa shape index (κ2) is 12.6. The van der Waals surface area contributed by atoms with Crippen LogP contribution in [0, 0.1) is 0 Å². The minimum Gasteiger partial charge on any atom is -0.418 e. The molecule has 1 fully saturated rings. The van der Waals surface area contributed by atoms with Crippen molar-refractivity contribution in [1.82, 2.24) is 4.57 Å². The first-order chi connectivity index (χ1) is 13.7. The zero-order chi connectivity index (χ0) is 22.1. The summed E-state index contributed by atoms with van der Waals surface area (Å²) in [6.45, 7) is 11.5. The molecule has 1 rings (SSSR count). The van der Waals surface area contributed by atoms with Crippen LogP contribution in [0.5, 0.6) is 0 Å². The molecule has 0 aromatic rings. The smallest absolute Gasteiger partial charge is 0.418 e. The fourth-order valence-corrected chi connectivity index (χ4v) is 14.3. The summed E-state index contributed by atoms with van der Waals surface area (Å²) < 4.78 is 38.1. The monoisotopic (exact) mass is 483 g/mol. The lowest BCUT2D eigenvalue weighted by molar-refractivity contribution is 0.0962. The predicted molar refractivity (Wildman–Crippen MR) is 128 cm³/mol. The van der Waals surface area contributed by atoms with Crippen LogP contribution in [0.2, 0.25) is 38.3 Å². The topological polar surface area (TPSA) is 58.6 Å². The Balaban J connectivity index is 2.89. The van der Waals surface area contributed by atoms with Gasteiger partial charge in [0.25, 0.3) is 0 Å². The lowest BCUT2D eigenvalue weighted by Gasteiger charge is -2.42. The quantitative estimate of drug-likeness (QED) is 0.332. The minimum atomic E-state index is -2.61. The number of hydrogen-bond donors (Lipinski definition) is 0. The first kappa shape index (κ1) is 27.6. The molecule has 1 saturated heterocycles. The van der Waals surface area contributed by atoms with E-state index in [1.807, 2.05) is 0 Å². The van der Waals surface area contributed by atoms with E-state index in [1.54, 1.807) is 35.5 Å². The molecule has 1 aliphatic heterocycles. The molecule has 1 heterocycles. The molecule has 7 nitrogen and oxygen atoms in total. The maximum absolute atomic E-state index is 6.78. The molecule has 174 valence electrons. The standard InChI is InChI=1S/C18H45NO6Si4/c1-20-28(21-2)16-11-15-19(28)14-10-12-18(26(6)7,25-27(8)9)13-17-29(22-3,23-4)24-5/h26-27H,10-17H2,1-9H3. The number of rotatable bonds is 15. The fraction of sp³-hybridized carbons (Fsp3) is 1.00. The van der Waals surface area contributed by atoms with Crippen LogP contribution in [0.4, 0.5) is 0 Å². The van der Waals surface area contributed by atoms with Crippen molar-refractivity contribution < 1.29 is 26.6 Å². The Morgan fingerprint density at radius 1 is 0.931 bits per heavy atom. The van der Waals surface area contributed by atoms with Gasteiger partial charge in [-0.05, 0) is 51.9 Å². The molecule has 0 N–H and O–H groups in total. The zero-order valence-electron chi connectivity index (χ0n) is 20.2. The van der Waals surface area contributed by atoms with Crippen LogP contribution in [0.3, 0.4) is 0 Å². The number of hydrogen-bond acceptors (Lipinski definition) is 7. The highest BCUT2D eigenvalue weighted by Gasteiger charge is 2.48. The van der Waals surface area contributed by atoms with Crippen molar-refractivity contribution in [2.75, 3.05) is 48.6 Å². The van der Waals surface area contributed by atoms with Gasteiger partial charge in [0, 0.05) is 52.9 Å². The third-order valence-corrected chi connectivity index (χ3v) is 16.8. The van der Waals surface area contributed by atoms with Crippen molar-refractivity contribution in [3.05, 3.63) is 0 Å². The molecule has 0 saturated carbocycles. The molecule has 0 spiro atoms. The maximum Gasteiger partial charge on any atom is 0.500 e. The summed E-state index contributed by atoms with van der Waals surface area (Å²) in [6, 6.07) is 1.85. The van der Waals surface area contributed by atoms with Gasteiger partial charge in [0.15, 0.2) is 9.04 Å². The van der Waals surface area contributed by atoms with Gasteiger partial charge < -0.3 is 26.6 Å². The Kier molecular flexibility index (Phi) is 12.0. The molecule has 0 radical (unpaired) electrons. The van der Waals surface area contributed by atoms with E-state index in [1.165, 1.54) is 0 Å². The highest BCUT2D eigenvalue weighted by molar-refractivity contribution is 6.65. The molecule has 1 aliphatic rings. The Bertz CT molecular complexity index is 457. The van der Waals surface area contributed by atoms with Crippen LogP contribution in [0.25, 0.3) is 0 Å². The SMILES string of the molecule is CO[Si](CCC(CCCN1CCC[Si]1(OC)OC)(O[SiH](C)C)[SiH](C)C)(OC)OC. The fourth-order valence-electron chi connectivity index (χ4n) is 4.57. The Morgan fingerprint density at radius 2 is 1.52 bits per heavy atom. The summed E-state index contributed by atoms with van der Waals surface area (Å²) in [4.78, 5) is 0. The molecule has 29 heavy (non-hydrogen) atoms. The second-order valence-corrected chi connectivity index (χ2v) is 20.7. The van der Waals surface area contributed by atoms with Gasteiger partial charge >= 0.3 is 17.5 Å². The molecule has 0 aromatic heterocycles. The largest absolute Gasteiger partial charge is 0.500 e. The molecule has 11 heteroatoms. The van der Waals surface area contributed by atoms with Crippen LogP contribution in [-0.4, -0.2) is 93.8 Å². The molecule has 1 atom stereocenters. The predicted octanol–water partition coefficient (Wildman–Crippen LogP) is 2.74. The van der Waals surface area contributed by atoms with Crippen molar-refractivity contribution in [1.29, 1.82) is 0 Å². The Morgan fingerprint density at radius 3 is 1.97 bits per heavy atom. The van der Waals surface area contributed by atoms with Crippen LogP contribution in [0.15, 0.2) is 0 Å². The van der Waals surface area contributed by atoms with Gasteiger partial charge in [-0.1, -0.05) is 13.1 Å². The molecule has 0 bridgehead atoms. The Hall–Kier alpha value is 0.588. The van der Waals surface area contributed by atoms with E-state index in [-0.39, 0.29) is 5.22 Å². The van der Waals surface area contributed by atoms with Crippen molar-refractivity contribution >= 4 is 35.4 Å². The summed E-state index contributed by atoms with van der Waals surface area (Å²) >= 11 is 0. The average molecular weight is 484 g/mol. The van der Waals surface area contributed by atoms with Crippen LogP contribution in [-0.2, 0) is 26.6 Å². The molecule has 1 unspecified atom stereocenters. The number of nitrogens with zero attached hydrogens (tertiary/aromatic N) is 1. The molecular formula is C18H45NO6Si4. The lowest BCUT2D eigenvalue weighted by Crippen LogP contribution is -2.54. The van der Waals surface area contributed by atoms with Gasteiger partial charge in [-0.25, -0.2) is 0 Å². The first-order valence-corrected chi connectivity index (χ1v) is 20.4. The molecule has 0 aliphatic carbocycles. The van der Waals surface area contributed by atoms with E-state index in [0.29, 0.717) is 0 Å². The summed E-state index contributed by atoms with van der Waals surface area (Å²) in [7, 11) is 1.59. The first-order valence-electron chi connectivity index (χ1n) is 10.9. The van der Waals surface area contributed by atoms with Gasteiger partial charge in [0.05, 0.1) is 8.80 Å². The summed E-state index contributed by atoms with van der Waals surface area (Å²) in [6.07, 6.45) is 4.27. The maximum atomic E-state index is 6.78. The van der Waals surface area contributed by atoms with E-state index < -0.39 is 35.4 Å². The van der Waals surface area contributed by atoms with E-state index in [4.69, 9.17) is 26.6 Å². The highest BCUT2D eigenvalue weighted by atomic mass is 28.4. The second-order valence-electron chi connectivity index (χ2n) is 8.50. The summed E-state index contributed by atoms with van der Waals surface area (Å²) in [5.74, 6) is 0. The lowest BCUT2D eigenvalue weighted by atomic mass is 10.1. The van der Waals surface area contributed by atoms with Gasteiger partial charge in [0.2, 0.25) is 0 Å². The van der Waals surface area contributed by atoms with Crippen molar-refractivity contribution in [2.45, 2.75) is 69.2 Å². The van der Waals surface area contributed by atoms with Crippen LogP contribution >= 0.6 is 0 Å². The molecular weight excluding hydrogens is 439 g/mol. The van der Waals surface area contributed by atoms with Gasteiger partial charge in [-0.2, -0.15) is 0 Å².